The van der Waals surface area contributed by atoms with Gasteiger partial charge in [-0.15, -0.1) is 0 Å². The first-order valence-corrected chi connectivity index (χ1v) is 5.25. The molecule has 0 aromatic rings. The fourth-order valence-electron chi connectivity index (χ4n) is 2.08. The summed E-state index contributed by atoms with van der Waals surface area (Å²) in [5.74, 6) is 0.790. The Morgan fingerprint density at radius 1 is 1.54 bits per heavy atom. The second kappa shape index (κ2) is 5.22. The van der Waals surface area contributed by atoms with E-state index in [1.807, 2.05) is 0 Å². The Kier molecular flexibility index (Phi) is 4.22. The molecule has 0 spiro atoms. The third kappa shape index (κ3) is 3.35. The van der Waals surface area contributed by atoms with Gasteiger partial charge in [0.15, 0.2) is 0 Å². The largest absolute Gasteiger partial charge is 0.352 e. The lowest BCUT2D eigenvalue weighted by atomic mass is 9.84. The Hall–Kier alpha value is -0.570. The minimum absolute atomic E-state index is 0.0123. The fourth-order valence-corrected chi connectivity index (χ4v) is 2.08. The van der Waals surface area contributed by atoms with Crippen molar-refractivity contribution >= 4 is 5.91 Å². The zero-order chi connectivity index (χ0) is 9.68. The minimum atomic E-state index is -0.0123. The molecule has 1 saturated carbocycles. The van der Waals surface area contributed by atoms with E-state index in [1.165, 1.54) is 19.3 Å². The summed E-state index contributed by atoms with van der Waals surface area (Å²) in [5.41, 5.74) is 5.24. The van der Waals surface area contributed by atoms with Crippen molar-refractivity contribution in [2.24, 2.45) is 11.7 Å². The lowest BCUT2D eigenvalue weighted by Gasteiger charge is -2.28. The molecule has 0 heterocycles. The van der Waals surface area contributed by atoms with Gasteiger partial charge in [-0.3, -0.25) is 4.79 Å². The van der Waals surface area contributed by atoms with Crippen LogP contribution in [0.4, 0.5) is 0 Å². The summed E-state index contributed by atoms with van der Waals surface area (Å²) in [6.07, 6.45) is 6.07. The Labute approximate surface area is 80.1 Å². The van der Waals surface area contributed by atoms with Crippen LogP contribution in [0.25, 0.3) is 0 Å². The fraction of sp³-hybridized carbons (Fsp3) is 0.900. The quantitative estimate of drug-likeness (QED) is 0.688. The maximum Gasteiger partial charge on any atom is 0.233 e. The topological polar surface area (TPSA) is 55.1 Å². The number of nitrogens with one attached hydrogen (secondary N) is 1. The molecule has 1 aliphatic carbocycles. The van der Waals surface area contributed by atoms with Crippen LogP contribution in [0, 0.1) is 5.92 Å². The van der Waals surface area contributed by atoms with Crippen molar-refractivity contribution in [2.75, 3.05) is 6.54 Å². The number of carbonyl (C=O) groups excluding carboxylic acids is 1. The number of amides is 1. The van der Waals surface area contributed by atoms with E-state index >= 15 is 0 Å². The number of carbonyl (C=O) groups is 1. The van der Waals surface area contributed by atoms with E-state index in [-0.39, 0.29) is 12.5 Å². The molecule has 1 aliphatic rings. The molecule has 1 amide bonds. The predicted octanol–water partition coefficient (Wildman–Crippen LogP) is 1.03. The van der Waals surface area contributed by atoms with E-state index in [9.17, 15) is 4.79 Å². The molecule has 3 N–H and O–H groups in total. The normalized spacial score (nSPS) is 28.5. The second-order valence-electron chi connectivity index (χ2n) is 3.91. The van der Waals surface area contributed by atoms with Gasteiger partial charge in [-0.1, -0.05) is 26.2 Å². The van der Waals surface area contributed by atoms with Gasteiger partial charge >= 0.3 is 0 Å². The van der Waals surface area contributed by atoms with Gasteiger partial charge in [0, 0.05) is 6.04 Å². The first-order valence-electron chi connectivity index (χ1n) is 5.25. The van der Waals surface area contributed by atoms with Crippen LogP contribution in [-0.4, -0.2) is 18.5 Å². The van der Waals surface area contributed by atoms with Gasteiger partial charge in [-0.05, 0) is 18.8 Å². The van der Waals surface area contributed by atoms with Crippen LogP contribution in [0.2, 0.25) is 0 Å². The number of hydrogen-bond acceptors (Lipinski definition) is 2. The minimum Gasteiger partial charge on any atom is -0.352 e. The van der Waals surface area contributed by atoms with E-state index in [2.05, 4.69) is 12.2 Å². The molecule has 3 heteroatoms. The first kappa shape index (κ1) is 10.5. The Morgan fingerprint density at radius 2 is 2.31 bits per heavy atom. The average Bonchev–Trinajstić information content (AvgIpc) is 2.18. The summed E-state index contributed by atoms with van der Waals surface area (Å²) in [4.78, 5) is 11.0. The lowest BCUT2D eigenvalue weighted by molar-refractivity contribution is -0.120. The van der Waals surface area contributed by atoms with E-state index in [0.717, 1.165) is 18.8 Å². The number of rotatable bonds is 3. The molecule has 0 aromatic heterocycles. The predicted molar refractivity (Wildman–Crippen MR) is 53.2 cm³/mol. The maximum atomic E-state index is 11.0. The first-order chi connectivity index (χ1) is 6.26. The molecule has 0 radical (unpaired) electrons. The Morgan fingerprint density at radius 3 is 2.92 bits per heavy atom. The summed E-state index contributed by atoms with van der Waals surface area (Å²) in [5, 5.41) is 2.97. The highest BCUT2D eigenvalue weighted by Crippen LogP contribution is 2.26. The lowest BCUT2D eigenvalue weighted by Crippen LogP contribution is -2.41. The highest BCUT2D eigenvalue weighted by Gasteiger charge is 2.21. The molecule has 3 nitrogen and oxygen atoms in total. The van der Waals surface area contributed by atoms with Crippen LogP contribution in [0.5, 0.6) is 0 Å². The van der Waals surface area contributed by atoms with Crippen LogP contribution >= 0.6 is 0 Å². The van der Waals surface area contributed by atoms with Crippen LogP contribution in [0.1, 0.15) is 39.0 Å². The summed E-state index contributed by atoms with van der Waals surface area (Å²) < 4.78 is 0. The second-order valence-corrected chi connectivity index (χ2v) is 3.91. The van der Waals surface area contributed by atoms with Crippen LogP contribution < -0.4 is 11.1 Å². The van der Waals surface area contributed by atoms with Crippen LogP contribution in [0.3, 0.4) is 0 Å². The van der Waals surface area contributed by atoms with E-state index in [0.29, 0.717) is 6.04 Å². The molecule has 0 bridgehead atoms. The third-order valence-corrected chi connectivity index (χ3v) is 2.91. The molecule has 0 saturated heterocycles. The maximum absolute atomic E-state index is 11.0. The average molecular weight is 184 g/mol. The summed E-state index contributed by atoms with van der Waals surface area (Å²) in [6, 6.07) is 0.384. The van der Waals surface area contributed by atoms with Crippen molar-refractivity contribution in [1.29, 1.82) is 0 Å². The van der Waals surface area contributed by atoms with Crippen molar-refractivity contribution in [3.8, 4) is 0 Å². The standard InChI is InChI=1S/C10H20N2O/c1-2-8-4-3-5-9(6-8)12-10(13)7-11/h8-9H,2-7,11H2,1H3,(H,12,13). The molecule has 2 atom stereocenters. The van der Waals surface area contributed by atoms with Crippen molar-refractivity contribution in [3.05, 3.63) is 0 Å². The SMILES string of the molecule is CCC1CCCC(NC(=O)CN)C1. The van der Waals surface area contributed by atoms with Gasteiger partial charge < -0.3 is 11.1 Å². The van der Waals surface area contributed by atoms with Crippen LogP contribution in [-0.2, 0) is 4.79 Å². The molecular weight excluding hydrogens is 164 g/mol. The summed E-state index contributed by atoms with van der Waals surface area (Å²) in [6.45, 7) is 2.34. The molecule has 0 aromatic carbocycles. The molecule has 1 fully saturated rings. The third-order valence-electron chi connectivity index (χ3n) is 2.91. The van der Waals surface area contributed by atoms with E-state index in [1.54, 1.807) is 0 Å². The smallest absolute Gasteiger partial charge is 0.233 e. The van der Waals surface area contributed by atoms with Gasteiger partial charge in [0.25, 0.3) is 0 Å². The van der Waals surface area contributed by atoms with Gasteiger partial charge in [0.05, 0.1) is 6.54 Å². The van der Waals surface area contributed by atoms with Crippen LogP contribution in [0.15, 0.2) is 0 Å². The molecule has 76 valence electrons. The van der Waals surface area contributed by atoms with Crippen molar-refractivity contribution in [3.63, 3.8) is 0 Å². The highest BCUT2D eigenvalue weighted by atomic mass is 16.1. The van der Waals surface area contributed by atoms with E-state index in [4.69, 9.17) is 5.73 Å². The van der Waals surface area contributed by atoms with Crippen molar-refractivity contribution in [1.82, 2.24) is 5.32 Å². The van der Waals surface area contributed by atoms with Gasteiger partial charge in [0.1, 0.15) is 0 Å². The zero-order valence-electron chi connectivity index (χ0n) is 8.38. The highest BCUT2D eigenvalue weighted by molar-refractivity contribution is 5.78. The number of nitrogens with two attached hydrogens (primary N) is 1. The monoisotopic (exact) mass is 184 g/mol. The Balaban J connectivity index is 2.29. The number of hydrogen-bond donors (Lipinski definition) is 2. The molecule has 2 unspecified atom stereocenters. The molecule has 0 aliphatic heterocycles. The van der Waals surface area contributed by atoms with Crippen molar-refractivity contribution in [2.45, 2.75) is 45.1 Å². The molecule has 1 rings (SSSR count). The van der Waals surface area contributed by atoms with Gasteiger partial charge in [-0.25, -0.2) is 0 Å². The van der Waals surface area contributed by atoms with Gasteiger partial charge in [-0.2, -0.15) is 0 Å². The summed E-state index contributed by atoms with van der Waals surface area (Å²) in [7, 11) is 0. The Bertz CT molecular complexity index is 170. The van der Waals surface area contributed by atoms with Crippen molar-refractivity contribution < 1.29 is 4.79 Å². The zero-order valence-corrected chi connectivity index (χ0v) is 8.38. The van der Waals surface area contributed by atoms with E-state index < -0.39 is 0 Å². The van der Waals surface area contributed by atoms with Gasteiger partial charge in [0.2, 0.25) is 5.91 Å². The summed E-state index contributed by atoms with van der Waals surface area (Å²) >= 11 is 0. The molecule has 13 heavy (non-hydrogen) atoms. The molecular formula is C10H20N2O.